The molecule has 1 spiro atoms. The highest BCUT2D eigenvalue weighted by Gasteiger charge is 2.45. The Kier molecular flexibility index (Phi) is 3.32. The summed E-state index contributed by atoms with van der Waals surface area (Å²) in [6.07, 6.45) is 5.53. The minimum absolute atomic E-state index is 0.0598. The molecule has 124 valence electrons. The number of ether oxygens (including phenoxy) is 1. The van der Waals surface area contributed by atoms with E-state index in [1.165, 1.54) is 6.39 Å². The lowest BCUT2D eigenvalue weighted by molar-refractivity contribution is 0.0438. The summed E-state index contributed by atoms with van der Waals surface area (Å²) in [6.45, 7) is 1.85. The Morgan fingerprint density at radius 2 is 2.17 bits per heavy atom. The number of likely N-dealkylation sites (N-methyl/N-ethyl adjacent to an activating group) is 1. The van der Waals surface area contributed by atoms with E-state index in [0.717, 1.165) is 31.4 Å². The Morgan fingerprint density at radius 3 is 2.87 bits per heavy atom. The van der Waals surface area contributed by atoms with Gasteiger partial charge >= 0.3 is 6.09 Å². The fourth-order valence-corrected chi connectivity index (χ4v) is 3.62. The van der Waals surface area contributed by atoms with Gasteiger partial charge in [0.1, 0.15) is 11.4 Å². The minimum atomic E-state index is -0.440. The maximum Gasteiger partial charge on any atom is 0.410 e. The molecule has 2 aliphatic heterocycles. The first-order valence-corrected chi connectivity index (χ1v) is 8.25. The standard InChI is InChI=1S/C16H21N3O4/c1-18-9-16(23-15(18)21)5-2-7-19(8-6-16)14(20)12-13(11-3-4-11)22-10-17-12/h10-11H,2-9H2,1H3. The smallest absolute Gasteiger partial charge is 0.410 e. The molecule has 1 unspecified atom stereocenters. The Labute approximate surface area is 134 Å². The maximum atomic E-state index is 12.8. The second kappa shape index (κ2) is 5.25. The summed E-state index contributed by atoms with van der Waals surface area (Å²) in [4.78, 5) is 32.1. The van der Waals surface area contributed by atoms with Crippen LogP contribution >= 0.6 is 0 Å². The molecule has 1 aromatic heterocycles. The number of carbonyl (C=O) groups excluding carboxylic acids is 2. The van der Waals surface area contributed by atoms with Crippen LogP contribution in [0.4, 0.5) is 4.79 Å². The van der Waals surface area contributed by atoms with Crippen molar-refractivity contribution in [3.63, 3.8) is 0 Å². The molecule has 4 rings (SSSR count). The van der Waals surface area contributed by atoms with Crippen LogP contribution in [0.2, 0.25) is 0 Å². The van der Waals surface area contributed by atoms with Gasteiger partial charge in [0.2, 0.25) is 0 Å². The third-order valence-electron chi connectivity index (χ3n) is 5.07. The number of nitrogens with zero attached hydrogens (tertiary/aromatic N) is 3. The molecule has 0 radical (unpaired) electrons. The van der Waals surface area contributed by atoms with Gasteiger partial charge in [0.15, 0.2) is 12.1 Å². The largest absolute Gasteiger partial charge is 0.447 e. The Balaban J connectivity index is 1.47. The maximum absolute atomic E-state index is 12.8. The van der Waals surface area contributed by atoms with Crippen LogP contribution in [0.5, 0.6) is 0 Å². The lowest BCUT2D eigenvalue weighted by atomic mass is 9.95. The van der Waals surface area contributed by atoms with Crippen LogP contribution in [-0.4, -0.2) is 59.1 Å². The van der Waals surface area contributed by atoms with Crippen molar-refractivity contribution >= 4 is 12.0 Å². The zero-order valence-corrected chi connectivity index (χ0v) is 13.3. The molecule has 1 aromatic rings. The molecule has 1 aliphatic carbocycles. The van der Waals surface area contributed by atoms with Crippen molar-refractivity contribution in [2.45, 2.75) is 43.6 Å². The van der Waals surface area contributed by atoms with Crippen molar-refractivity contribution in [1.29, 1.82) is 0 Å². The van der Waals surface area contributed by atoms with Gasteiger partial charge in [-0.1, -0.05) is 0 Å². The van der Waals surface area contributed by atoms with Crippen LogP contribution in [0.25, 0.3) is 0 Å². The topological polar surface area (TPSA) is 75.9 Å². The molecule has 2 amide bonds. The van der Waals surface area contributed by atoms with Crippen LogP contribution in [0.1, 0.15) is 54.3 Å². The average molecular weight is 319 g/mol. The van der Waals surface area contributed by atoms with E-state index >= 15 is 0 Å². The van der Waals surface area contributed by atoms with E-state index in [0.29, 0.717) is 37.7 Å². The number of aromatic nitrogens is 1. The summed E-state index contributed by atoms with van der Waals surface area (Å²) >= 11 is 0. The Bertz CT molecular complexity index is 639. The molecule has 7 nitrogen and oxygen atoms in total. The quantitative estimate of drug-likeness (QED) is 0.833. The van der Waals surface area contributed by atoms with E-state index < -0.39 is 5.60 Å². The third kappa shape index (κ3) is 2.58. The predicted molar refractivity (Wildman–Crippen MR) is 80.1 cm³/mol. The number of likely N-dealkylation sites (tertiary alicyclic amines) is 1. The second-order valence-corrected chi connectivity index (χ2v) is 6.89. The van der Waals surface area contributed by atoms with E-state index in [2.05, 4.69) is 4.98 Å². The van der Waals surface area contributed by atoms with Gasteiger partial charge in [-0.25, -0.2) is 9.78 Å². The van der Waals surface area contributed by atoms with Crippen molar-refractivity contribution in [2.24, 2.45) is 0 Å². The molecule has 3 heterocycles. The van der Waals surface area contributed by atoms with E-state index in [1.807, 2.05) is 4.90 Å². The Morgan fingerprint density at radius 1 is 1.35 bits per heavy atom. The zero-order valence-electron chi connectivity index (χ0n) is 13.3. The molecule has 3 fully saturated rings. The fraction of sp³-hybridized carbons (Fsp3) is 0.688. The first-order chi connectivity index (χ1) is 11.1. The first-order valence-electron chi connectivity index (χ1n) is 8.25. The van der Waals surface area contributed by atoms with Gasteiger partial charge in [-0.3, -0.25) is 4.79 Å². The van der Waals surface area contributed by atoms with Gasteiger partial charge in [-0.2, -0.15) is 0 Å². The van der Waals surface area contributed by atoms with Crippen LogP contribution in [-0.2, 0) is 4.74 Å². The van der Waals surface area contributed by atoms with Crippen molar-refractivity contribution in [3.05, 3.63) is 17.8 Å². The van der Waals surface area contributed by atoms with Crippen molar-refractivity contribution < 1.29 is 18.7 Å². The summed E-state index contributed by atoms with van der Waals surface area (Å²) in [6, 6.07) is 0. The van der Waals surface area contributed by atoms with Gasteiger partial charge in [-0.15, -0.1) is 0 Å². The highest BCUT2D eigenvalue weighted by Crippen LogP contribution is 2.42. The van der Waals surface area contributed by atoms with Crippen LogP contribution < -0.4 is 0 Å². The summed E-state index contributed by atoms with van der Waals surface area (Å²) < 4.78 is 11.0. The van der Waals surface area contributed by atoms with E-state index in [-0.39, 0.29) is 12.0 Å². The molecule has 0 N–H and O–H groups in total. The number of rotatable bonds is 2. The van der Waals surface area contributed by atoms with Crippen LogP contribution in [0.15, 0.2) is 10.8 Å². The van der Waals surface area contributed by atoms with Gasteiger partial charge in [0.25, 0.3) is 5.91 Å². The highest BCUT2D eigenvalue weighted by atomic mass is 16.6. The second-order valence-electron chi connectivity index (χ2n) is 6.89. The van der Waals surface area contributed by atoms with Crippen LogP contribution in [0.3, 0.4) is 0 Å². The van der Waals surface area contributed by atoms with Crippen LogP contribution in [0, 0.1) is 0 Å². The molecule has 1 atom stereocenters. The molecule has 2 saturated heterocycles. The van der Waals surface area contributed by atoms with E-state index in [1.54, 1.807) is 11.9 Å². The van der Waals surface area contributed by atoms with Gasteiger partial charge in [-0.05, 0) is 25.7 Å². The molecule has 7 heteroatoms. The fourth-order valence-electron chi connectivity index (χ4n) is 3.62. The third-order valence-corrected chi connectivity index (χ3v) is 5.07. The molecule has 0 bridgehead atoms. The number of hydrogen-bond donors (Lipinski definition) is 0. The lowest BCUT2D eigenvalue weighted by Gasteiger charge is -2.25. The van der Waals surface area contributed by atoms with E-state index in [4.69, 9.17) is 9.15 Å². The van der Waals surface area contributed by atoms with Crippen molar-refractivity contribution in [1.82, 2.24) is 14.8 Å². The van der Waals surface area contributed by atoms with Gasteiger partial charge in [0, 0.05) is 32.5 Å². The molecular weight excluding hydrogens is 298 g/mol. The minimum Gasteiger partial charge on any atom is -0.447 e. The predicted octanol–water partition coefficient (Wildman–Crippen LogP) is 2.00. The summed E-state index contributed by atoms with van der Waals surface area (Å²) in [5.41, 5.74) is 0.0216. The number of oxazole rings is 1. The molecular formula is C16H21N3O4. The highest BCUT2D eigenvalue weighted by molar-refractivity contribution is 5.93. The zero-order chi connectivity index (χ0) is 16.0. The van der Waals surface area contributed by atoms with Gasteiger partial charge < -0.3 is 19.0 Å². The monoisotopic (exact) mass is 319 g/mol. The van der Waals surface area contributed by atoms with Crippen molar-refractivity contribution in [3.8, 4) is 0 Å². The van der Waals surface area contributed by atoms with Gasteiger partial charge in [0.05, 0.1) is 6.54 Å². The molecule has 1 saturated carbocycles. The summed E-state index contributed by atoms with van der Waals surface area (Å²) in [5, 5.41) is 0. The lowest BCUT2D eigenvalue weighted by Crippen LogP contribution is -2.37. The Hall–Kier alpha value is -2.05. The summed E-state index contributed by atoms with van der Waals surface area (Å²) in [7, 11) is 1.75. The average Bonchev–Trinajstić information content (AvgIpc) is 3.23. The molecule has 23 heavy (non-hydrogen) atoms. The molecule has 0 aromatic carbocycles. The number of amides is 2. The number of carbonyl (C=O) groups is 2. The summed E-state index contributed by atoms with van der Waals surface area (Å²) in [5.74, 6) is 1.04. The normalized spacial score (nSPS) is 28.1. The van der Waals surface area contributed by atoms with Crippen molar-refractivity contribution in [2.75, 3.05) is 26.7 Å². The first kappa shape index (κ1) is 14.5. The number of hydrogen-bond acceptors (Lipinski definition) is 5. The van der Waals surface area contributed by atoms with E-state index in [9.17, 15) is 9.59 Å². The SMILES string of the molecule is CN1CC2(CCCN(C(=O)c3ncoc3C3CC3)CC2)OC1=O. The molecule has 3 aliphatic rings.